The predicted molar refractivity (Wildman–Crippen MR) is 88.6 cm³/mol. The summed E-state index contributed by atoms with van der Waals surface area (Å²) in [5, 5.41) is 5.56. The zero-order valence-electron chi connectivity index (χ0n) is 12.9. The summed E-state index contributed by atoms with van der Waals surface area (Å²) < 4.78 is 5.30. The minimum atomic E-state index is -0.140. The number of nitrogens with one attached hydrogen (secondary N) is 1. The van der Waals surface area contributed by atoms with E-state index in [1.807, 2.05) is 25.1 Å². The van der Waals surface area contributed by atoms with Gasteiger partial charge in [-0.15, -0.1) is 11.3 Å². The quantitative estimate of drug-likeness (QED) is 0.817. The Kier molecular flexibility index (Phi) is 5.91. The molecule has 3 N–H and O–H groups in total. The molecule has 1 amide bonds. The first-order valence-corrected chi connectivity index (χ1v) is 8.08. The lowest BCUT2D eigenvalue weighted by molar-refractivity contribution is 0.0949. The molecular weight excluding hydrogens is 298 g/mol. The number of aryl methyl sites for hydroxylation is 1. The van der Waals surface area contributed by atoms with E-state index in [-0.39, 0.29) is 5.91 Å². The van der Waals surface area contributed by atoms with Gasteiger partial charge in [0.05, 0.1) is 12.1 Å². The first kappa shape index (κ1) is 16.5. The Labute approximate surface area is 134 Å². The van der Waals surface area contributed by atoms with Crippen molar-refractivity contribution < 1.29 is 9.53 Å². The van der Waals surface area contributed by atoms with Gasteiger partial charge in [-0.05, 0) is 37.1 Å². The summed E-state index contributed by atoms with van der Waals surface area (Å²) in [6, 6.07) is 6.07. The number of hydrogen-bond acceptors (Lipinski definition) is 5. The summed E-state index contributed by atoms with van der Waals surface area (Å²) in [6.45, 7) is 3.12. The number of carbonyl (C=O) groups is 1. The highest BCUT2D eigenvalue weighted by molar-refractivity contribution is 7.09. The molecule has 0 bridgehead atoms. The summed E-state index contributed by atoms with van der Waals surface area (Å²) in [5.74, 6) is 0.730. The van der Waals surface area contributed by atoms with Gasteiger partial charge >= 0.3 is 0 Å². The molecule has 1 aromatic heterocycles. The molecule has 118 valence electrons. The Morgan fingerprint density at radius 2 is 2.23 bits per heavy atom. The number of carbonyl (C=O) groups excluding carboxylic acids is 1. The number of rotatable bonds is 7. The highest BCUT2D eigenvalue weighted by Gasteiger charge is 2.10. The lowest BCUT2D eigenvalue weighted by Crippen LogP contribution is -2.26. The van der Waals surface area contributed by atoms with Crippen LogP contribution in [0.2, 0.25) is 0 Å². The fourth-order valence-corrected chi connectivity index (χ4v) is 2.88. The van der Waals surface area contributed by atoms with E-state index in [0.717, 1.165) is 28.3 Å². The number of thiazole rings is 1. The van der Waals surface area contributed by atoms with Crippen LogP contribution in [0.5, 0.6) is 5.75 Å². The first-order chi connectivity index (χ1) is 10.6. The van der Waals surface area contributed by atoms with Gasteiger partial charge in [-0.2, -0.15) is 0 Å². The van der Waals surface area contributed by atoms with Crippen LogP contribution in [0.25, 0.3) is 0 Å². The summed E-state index contributed by atoms with van der Waals surface area (Å²) in [5.41, 5.74) is 8.18. The highest BCUT2D eigenvalue weighted by atomic mass is 32.1. The summed E-state index contributed by atoms with van der Waals surface area (Å²) in [4.78, 5) is 16.3. The van der Waals surface area contributed by atoms with Crippen molar-refractivity contribution in [1.82, 2.24) is 10.3 Å². The Morgan fingerprint density at radius 1 is 1.41 bits per heavy atom. The van der Waals surface area contributed by atoms with E-state index >= 15 is 0 Å². The van der Waals surface area contributed by atoms with Gasteiger partial charge in [0.1, 0.15) is 11.4 Å². The van der Waals surface area contributed by atoms with Crippen molar-refractivity contribution in [1.29, 1.82) is 0 Å². The van der Waals surface area contributed by atoms with E-state index in [2.05, 4.69) is 10.3 Å². The maximum absolute atomic E-state index is 12.0. The number of hydrogen-bond donors (Lipinski definition) is 2. The van der Waals surface area contributed by atoms with Crippen LogP contribution in [-0.2, 0) is 12.8 Å². The highest BCUT2D eigenvalue weighted by Crippen LogP contribution is 2.19. The molecule has 1 aromatic carbocycles. The average molecular weight is 319 g/mol. The van der Waals surface area contributed by atoms with Gasteiger partial charge in [0.25, 0.3) is 5.91 Å². The number of nitrogens with zero attached hydrogens (tertiary/aromatic N) is 1. The molecule has 22 heavy (non-hydrogen) atoms. The van der Waals surface area contributed by atoms with Gasteiger partial charge in [-0.25, -0.2) is 4.98 Å². The molecule has 2 aromatic rings. The van der Waals surface area contributed by atoms with Gasteiger partial charge < -0.3 is 15.8 Å². The first-order valence-electron chi connectivity index (χ1n) is 7.20. The second kappa shape index (κ2) is 7.91. The third-order valence-electron chi connectivity index (χ3n) is 3.31. The van der Waals surface area contributed by atoms with Crippen molar-refractivity contribution in [2.24, 2.45) is 5.73 Å². The van der Waals surface area contributed by atoms with E-state index in [0.29, 0.717) is 25.2 Å². The molecule has 0 saturated carbocycles. The fourth-order valence-electron chi connectivity index (χ4n) is 2.08. The molecule has 0 aliphatic heterocycles. The molecule has 0 unspecified atom stereocenters. The Balaban J connectivity index is 1.86. The number of ether oxygens (including phenoxy) is 1. The standard InChI is InChI=1S/C16H21N3O2S/c1-11-3-4-12(9-14(11)21-2)6-8-18-16(20)13-10-22-15(19-13)5-7-17/h3-4,9-10H,5-8,17H2,1-2H3,(H,18,20). The zero-order valence-corrected chi connectivity index (χ0v) is 13.7. The van der Waals surface area contributed by atoms with Crippen LogP contribution < -0.4 is 15.8 Å². The molecule has 0 aliphatic carbocycles. The molecule has 0 radical (unpaired) electrons. The molecule has 5 nitrogen and oxygen atoms in total. The van der Waals surface area contributed by atoms with Crippen molar-refractivity contribution in [3.05, 3.63) is 45.4 Å². The van der Waals surface area contributed by atoms with Crippen LogP contribution >= 0.6 is 11.3 Å². The molecule has 2 rings (SSSR count). The summed E-state index contributed by atoms with van der Waals surface area (Å²) in [6.07, 6.45) is 1.46. The number of benzene rings is 1. The molecule has 0 fully saturated rings. The van der Waals surface area contributed by atoms with Crippen LogP contribution in [0, 0.1) is 6.92 Å². The maximum Gasteiger partial charge on any atom is 0.270 e. The molecule has 0 aliphatic rings. The van der Waals surface area contributed by atoms with E-state index in [4.69, 9.17) is 10.5 Å². The SMILES string of the molecule is COc1cc(CCNC(=O)c2csc(CCN)n2)ccc1C. The third kappa shape index (κ3) is 4.29. The number of nitrogens with two attached hydrogens (primary N) is 1. The van der Waals surface area contributed by atoms with Crippen molar-refractivity contribution in [2.45, 2.75) is 19.8 Å². The van der Waals surface area contributed by atoms with Crippen molar-refractivity contribution in [3.63, 3.8) is 0 Å². The van der Waals surface area contributed by atoms with E-state index in [1.165, 1.54) is 11.3 Å². The van der Waals surface area contributed by atoms with Crippen molar-refractivity contribution >= 4 is 17.2 Å². The lowest BCUT2D eigenvalue weighted by Gasteiger charge is -2.08. The second-order valence-electron chi connectivity index (χ2n) is 4.98. The van der Waals surface area contributed by atoms with Crippen LogP contribution in [0.3, 0.4) is 0 Å². The zero-order chi connectivity index (χ0) is 15.9. The maximum atomic E-state index is 12.0. The van der Waals surface area contributed by atoms with Crippen molar-refractivity contribution in [2.75, 3.05) is 20.2 Å². The lowest BCUT2D eigenvalue weighted by atomic mass is 10.1. The van der Waals surface area contributed by atoms with Gasteiger partial charge in [-0.3, -0.25) is 4.79 Å². The molecule has 0 atom stereocenters. The minimum absolute atomic E-state index is 0.140. The van der Waals surface area contributed by atoms with Gasteiger partial charge in [0.15, 0.2) is 0 Å². The van der Waals surface area contributed by atoms with E-state index in [9.17, 15) is 4.79 Å². The fraction of sp³-hybridized carbons (Fsp3) is 0.375. The van der Waals surface area contributed by atoms with Crippen LogP contribution in [0.4, 0.5) is 0 Å². The number of amides is 1. The average Bonchev–Trinajstić information content (AvgIpc) is 2.98. The molecular formula is C16H21N3O2S. The normalized spacial score (nSPS) is 10.5. The second-order valence-corrected chi connectivity index (χ2v) is 5.92. The Hall–Kier alpha value is -1.92. The third-order valence-corrected chi connectivity index (χ3v) is 4.22. The van der Waals surface area contributed by atoms with Crippen LogP contribution in [-0.4, -0.2) is 31.1 Å². The van der Waals surface area contributed by atoms with E-state index in [1.54, 1.807) is 12.5 Å². The van der Waals surface area contributed by atoms with Gasteiger partial charge in [0, 0.05) is 18.3 Å². The molecule has 6 heteroatoms. The molecule has 1 heterocycles. The minimum Gasteiger partial charge on any atom is -0.496 e. The number of methoxy groups -OCH3 is 1. The van der Waals surface area contributed by atoms with Gasteiger partial charge in [0.2, 0.25) is 0 Å². The van der Waals surface area contributed by atoms with Crippen LogP contribution in [0.1, 0.15) is 26.6 Å². The Morgan fingerprint density at radius 3 is 2.95 bits per heavy atom. The molecule has 0 saturated heterocycles. The largest absolute Gasteiger partial charge is 0.496 e. The topological polar surface area (TPSA) is 77.2 Å². The Bertz CT molecular complexity index is 640. The van der Waals surface area contributed by atoms with Crippen molar-refractivity contribution in [3.8, 4) is 5.75 Å². The smallest absolute Gasteiger partial charge is 0.270 e. The molecule has 0 spiro atoms. The van der Waals surface area contributed by atoms with E-state index < -0.39 is 0 Å². The van der Waals surface area contributed by atoms with Gasteiger partial charge in [-0.1, -0.05) is 12.1 Å². The predicted octanol–water partition coefficient (Wildman–Crippen LogP) is 1.93. The summed E-state index contributed by atoms with van der Waals surface area (Å²) in [7, 11) is 1.66. The summed E-state index contributed by atoms with van der Waals surface area (Å²) >= 11 is 1.47. The van der Waals surface area contributed by atoms with Crippen LogP contribution in [0.15, 0.2) is 23.6 Å². The number of aromatic nitrogens is 1. The monoisotopic (exact) mass is 319 g/mol.